The van der Waals surface area contributed by atoms with Gasteiger partial charge in [0, 0.05) is 28.6 Å². The van der Waals surface area contributed by atoms with Crippen molar-refractivity contribution in [3.05, 3.63) is 36.0 Å². The molecule has 0 fully saturated rings. The molecule has 0 saturated carbocycles. The second-order valence-electron chi connectivity index (χ2n) is 5.15. The first-order chi connectivity index (χ1) is 8.53. The molecule has 0 spiro atoms. The van der Waals surface area contributed by atoms with Gasteiger partial charge in [-0.15, -0.1) is 0 Å². The number of hydrogen-bond donors (Lipinski definition) is 1. The van der Waals surface area contributed by atoms with E-state index in [2.05, 4.69) is 61.6 Å². The lowest BCUT2D eigenvalue weighted by molar-refractivity contribution is 0.753. The van der Waals surface area contributed by atoms with Crippen LogP contribution in [0.15, 0.2) is 30.5 Å². The van der Waals surface area contributed by atoms with E-state index in [1.165, 1.54) is 16.6 Å². The van der Waals surface area contributed by atoms with Crippen molar-refractivity contribution in [2.24, 2.45) is 0 Å². The molecule has 0 aliphatic carbocycles. The van der Waals surface area contributed by atoms with E-state index in [9.17, 15) is 0 Å². The molecule has 3 heteroatoms. The van der Waals surface area contributed by atoms with E-state index in [1.54, 1.807) is 0 Å². The maximum Gasteiger partial charge on any atom is 0.0751 e. The average molecular weight is 260 g/mol. The predicted octanol–water partition coefficient (Wildman–Crippen LogP) is 4.10. The van der Waals surface area contributed by atoms with Crippen LogP contribution in [0.4, 0.5) is 5.69 Å². The molecule has 1 heterocycles. The first-order valence-corrected chi connectivity index (χ1v) is 7.39. The Hall–Kier alpha value is -1.22. The number of hydrogen-bond acceptors (Lipinski definition) is 3. The van der Waals surface area contributed by atoms with Gasteiger partial charge in [0.05, 0.1) is 5.52 Å². The van der Waals surface area contributed by atoms with Crippen LogP contribution in [-0.2, 0) is 0 Å². The molecule has 0 atom stereocenters. The fraction of sp³-hybridized carbons (Fsp3) is 0.400. The Balaban J connectivity index is 2.32. The highest BCUT2D eigenvalue weighted by Crippen LogP contribution is 2.26. The molecule has 0 saturated heterocycles. The molecule has 0 aliphatic heterocycles. The molecule has 1 aromatic carbocycles. The van der Waals surface area contributed by atoms with E-state index < -0.39 is 0 Å². The summed E-state index contributed by atoms with van der Waals surface area (Å²) in [5, 5.41) is 4.75. The molecule has 0 bridgehead atoms. The Morgan fingerprint density at radius 3 is 2.78 bits per heavy atom. The van der Waals surface area contributed by atoms with Gasteiger partial charge in [-0.1, -0.05) is 18.2 Å². The lowest BCUT2D eigenvalue weighted by Gasteiger charge is -2.23. The zero-order chi connectivity index (χ0) is 13.2. The molecule has 18 heavy (non-hydrogen) atoms. The molecule has 0 radical (unpaired) electrons. The molecule has 0 aliphatic rings. The molecule has 2 nitrogen and oxygen atoms in total. The van der Waals surface area contributed by atoms with Crippen LogP contribution in [0.3, 0.4) is 0 Å². The van der Waals surface area contributed by atoms with Gasteiger partial charge < -0.3 is 5.32 Å². The van der Waals surface area contributed by atoms with Crippen LogP contribution in [0.1, 0.15) is 19.4 Å². The summed E-state index contributed by atoms with van der Waals surface area (Å²) in [5.41, 5.74) is 3.48. The Labute approximate surface area is 113 Å². The van der Waals surface area contributed by atoms with Crippen LogP contribution in [0.5, 0.6) is 0 Å². The quantitative estimate of drug-likeness (QED) is 0.896. The number of nitrogens with zero attached hydrogens (tertiary/aromatic N) is 1. The fourth-order valence-corrected chi connectivity index (χ4v) is 2.07. The minimum absolute atomic E-state index is 0.236. The fourth-order valence-electron chi connectivity index (χ4n) is 1.86. The number of fused-ring (bicyclic) bond motifs is 1. The van der Waals surface area contributed by atoms with Crippen molar-refractivity contribution in [2.75, 3.05) is 18.1 Å². The maximum absolute atomic E-state index is 4.46. The second kappa shape index (κ2) is 5.19. The van der Waals surface area contributed by atoms with Gasteiger partial charge in [0.15, 0.2) is 0 Å². The number of aryl methyl sites for hydroxylation is 1. The molecule has 96 valence electrons. The maximum atomic E-state index is 4.46. The van der Waals surface area contributed by atoms with Crippen LogP contribution < -0.4 is 5.32 Å². The minimum atomic E-state index is 0.236. The van der Waals surface area contributed by atoms with Crippen molar-refractivity contribution in [2.45, 2.75) is 25.5 Å². The zero-order valence-corrected chi connectivity index (χ0v) is 12.3. The van der Waals surface area contributed by atoms with Gasteiger partial charge in [0.25, 0.3) is 0 Å². The smallest absolute Gasteiger partial charge is 0.0751 e. The van der Waals surface area contributed by atoms with Crippen molar-refractivity contribution in [1.29, 1.82) is 0 Å². The summed E-state index contributed by atoms with van der Waals surface area (Å²) in [4.78, 5) is 4.46. The third-order valence-electron chi connectivity index (χ3n) is 3.23. The SMILES string of the molecule is CSC(C)(C)CNc1ccnc2c(C)cccc12. The number of benzene rings is 1. The monoisotopic (exact) mass is 260 g/mol. The minimum Gasteiger partial charge on any atom is -0.383 e. The first-order valence-electron chi connectivity index (χ1n) is 6.17. The Bertz CT molecular complexity index is 549. The van der Waals surface area contributed by atoms with Gasteiger partial charge in [-0.2, -0.15) is 11.8 Å². The second-order valence-corrected chi connectivity index (χ2v) is 6.66. The van der Waals surface area contributed by atoms with E-state index in [1.807, 2.05) is 18.0 Å². The largest absolute Gasteiger partial charge is 0.383 e. The summed E-state index contributed by atoms with van der Waals surface area (Å²) in [6, 6.07) is 8.37. The van der Waals surface area contributed by atoms with E-state index in [0.717, 1.165) is 12.1 Å². The average Bonchev–Trinajstić information content (AvgIpc) is 2.37. The van der Waals surface area contributed by atoms with Crippen LogP contribution >= 0.6 is 11.8 Å². The van der Waals surface area contributed by atoms with Gasteiger partial charge in [-0.25, -0.2) is 0 Å². The number of rotatable bonds is 4. The molecular weight excluding hydrogens is 240 g/mol. The lowest BCUT2D eigenvalue weighted by Crippen LogP contribution is -2.25. The molecule has 2 rings (SSSR count). The Kier molecular flexibility index (Phi) is 3.81. The summed E-state index contributed by atoms with van der Waals surface area (Å²) in [6.07, 6.45) is 4.03. The van der Waals surface area contributed by atoms with Crippen molar-refractivity contribution in [1.82, 2.24) is 4.98 Å². The van der Waals surface area contributed by atoms with Gasteiger partial charge in [0.1, 0.15) is 0 Å². The van der Waals surface area contributed by atoms with Crippen LogP contribution in [-0.4, -0.2) is 22.5 Å². The summed E-state index contributed by atoms with van der Waals surface area (Å²) >= 11 is 1.88. The van der Waals surface area contributed by atoms with Crippen LogP contribution in [0, 0.1) is 6.92 Å². The van der Waals surface area contributed by atoms with E-state index >= 15 is 0 Å². The van der Waals surface area contributed by atoms with Gasteiger partial charge in [0.2, 0.25) is 0 Å². The molecule has 0 amide bonds. The van der Waals surface area contributed by atoms with Gasteiger partial charge in [-0.05, 0) is 38.7 Å². The van der Waals surface area contributed by atoms with Crippen molar-refractivity contribution >= 4 is 28.4 Å². The third-order valence-corrected chi connectivity index (χ3v) is 4.48. The van der Waals surface area contributed by atoms with Gasteiger partial charge >= 0.3 is 0 Å². The topological polar surface area (TPSA) is 24.9 Å². The molecule has 1 N–H and O–H groups in total. The van der Waals surface area contributed by atoms with Crippen LogP contribution in [0.2, 0.25) is 0 Å². The van der Waals surface area contributed by atoms with Crippen molar-refractivity contribution < 1.29 is 0 Å². The third kappa shape index (κ3) is 2.78. The summed E-state index contributed by atoms with van der Waals surface area (Å²) in [5.74, 6) is 0. The highest BCUT2D eigenvalue weighted by molar-refractivity contribution is 7.99. The molecular formula is C15H20N2S. The lowest BCUT2D eigenvalue weighted by atomic mass is 10.1. The summed E-state index contributed by atoms with van der Waals surface area (Å²) in [6.45, 7) is 7.55. The number of pyridine rings is 1. The molecule has 0 unspecified atom stereocenters. The summed E-state index contributed by atoms with van der Waals surface area (Å²) < 4.78 is 0.236. The number of nitrogens with one attached hydrogen (secondary N) is 1. The van der Waals surface area contributed by atoms with Crippen molar-refractivity contribution in [3.8, 4) is 0 Å². The van der Waals surface area contributed by atoms with E-state index in [-0.39, 0.29) is 4.75 Å². The predicted molar refractivity (Wildman–Crippen MR) is 82.6 cm³/mol. The number of aromatic nitrogens is 1. The normalized spacial score (nSPS) is 11.8. The Morgan fingerprint density at radius 1 is 1.28 bits per heavy atom. The highest BCUT2D eigenvalue weighted by atomic mass is 32.2. The number of anilines is 1. The zero-order valence-electron chi connectivity index (χ0n) is 11.4. The summed E-state index contributed by atoms with van der Waals surface area (Å²) in [7, 11) is 0. The van der Waals surface area contributed by atoms with Crippen molar-refractivity contribution in [3.63, 3.8) is 0 Å². The molecule has 2 aromatic rings. The number of thioether (sulfide) groups is 1. The molecule has 1 aromatic heterocycles. The van der Waals surface area contributed by atoms with E-state index in [4.69, 9.17) is 0 Å². The highest BCUT2D eigenvalue weighted by Gasteiger charge is 2.15. The number of para-hydroxylation sites is 1. The standard InChI is InChI=1S/C15H20N2S/c1-11-6-5-7-12-13(8-9-16-14(11)12)17-10-15(2,3)18-4/h5-9H,10H2,1-4H3,(H,16,17). The Morgan fingerprint density at radius 2 is 2.06 bits per heavy atom. The van der Waals surface area contributed by atoms with Gasteiger partial charge in [-0.3, -0.25) is 4.98 Å². The van der Waals surface area contributed by atoms with E-state index in [0.29, 0.717) is 0 Å². The first kappa shape index (κ1) is 13.2. The van der Waals surface area contributed by atoms with Crippen LogP contribution in [0.25, 0.3) is 10.9 Å².